The number of thiophene rings is 1. The summed E-state index contributed by atoms with van der Waals surface area (Å²) in [6.07, 6.45) is 7.56. The number of esters is 1. The molecule has 3 aliphatic rings. The number of carbonyl (C=O) groups is 1. The van der Waals surface area contributed by atoms with Crippen LogP contribution in [0.15, 0.2) is 24.5 Å². The van der Waals surface area contributed by atoms with E-state index in [0.29, 0.717) is 34.6 Å². The van der Waals surface area contributed by atoms with Gasteiger partial charge in [0.15, 0.2) is 5.56 Å². The summed E-state index contributed by atoms with van der Waals surface area (Å²) in [4.78, 5) is 31.4. The Hall–Kier alpha value is -2.98. The van der Waals surface area contributed by atoms with Crippen molar-refractivity contribution in [2.24, 2.45) is 11.8 Å². The number of piperidine rings is 1. The summed E-state index contributed by atoms with van der Waals surface area (Å²) in [6.45, 7) is 1.16. The van der Waals surface area contributed by atoms with Crippen LogP contribution in [0.1, 0.15) is 48.5 Å². The van der Waals surface area contributed by atoms with Crippen molar-refractivity contribution in [3.8, 4) is 10.4 Å². The van der Waals surface area contributed by atoms with Crippen LogP contribution in [0.25, 0.3) is 21.5 Å². The third-order valence-corrected chi connectivity index (χ3v) is 8.97. The lowest BCUT2D eigenvalue weighted by Crippen LogP contribution is -2.26. The summed E-state index contributed by atoms with van der Waals surface area (Å²) in [7, 11) is 1.24. The maximum Gasteiger partial charge on any atom is 0.347 e. The maximum atomic E-state index is 12.7. The molecule has 1 aromatic carbocycles. The molecule has 3 fully saturated rings. The number of imidazole rings is 1. The van der Waals surface area contributed by atoms with Crippen LogP contribution < -0.4 is 4.90 Å². The average Bonchev–Trinajstić information content (AvgIpc) is 3.32. The number of rotatable bonds is 5. The molecule has 0 spiro atoms. The number of nitrogens with zero attached hydrogens (tertiary/aromatic N) is 4. The van der Waals surface area contributed by atoms with E-state index in [2.05, 4.69) is 9.55 Å². The summed E-state index contributed by atoms with van der Waals surface area (Å²) in [5.74, 6) is -0.390. The summed E-state index contributed by atoms with van der Waals surface area (Å²) in [5.41, 5.74) is 2.25. The van der Waals surface area contributed by atoms with Crippen molar-refractivity contribution in [1.82, 2.24) is 9.55 Å². The van der Waals surface area contributed by atoms with E-state index in [9.17, 15) is 20.0 Å². The Kier molecular flexibility index (Phi) is 5.11. The second kappa shape index (κ2) is 8.06. The van der Waals surface area contributed by atoms with Crippen molar-refractivity contribution >= 4 is 39.0 Å². The molecular formula is C24H26N4O5S. The van der Waals surface area contributed by atoms with Gasteiger partial charge in [-0.05, 0) is 25.0 Å². The van der Waals surface area contributed by atoms with Gasteiger partial charge in [0.25, 0.3) is 0 Å². The molecule has 10 heteroatoms. The molecule has 1 aliphatic heterocycles. The van der Waals surface area contributed by atoms with Gasteiger partial charge in [-0.25, -0.2) is 9.78 Å². The van der Waals surface area contributed by atoms with Gasteiger partial charge in [-0.2, -0.15) is 0 Å². The van der Waals surface area contributed by atoms with Gasteiger partial charge in [0.2, 0.25) is 0 Å². The van der Waals surface area contributed by atoms with E-state index in [1.54, 1.807) is 0 Å². The molecule has 6 rings (SSSR count). The summed E-state index contributed by atoms with van der Waals surface area (Å²) in [6, 6.07) is 6.19. The first-order valence-corrected chi connectivity index (χ1v) is 12.6. The monoisotopic (exact) mass is 482 g/mol. The van der Waals surface area contributed by atoms with Gasteiger partial charge in [0.1, 0.15) is 9.88 Å². The number of methoxy groups -OCH3 is 1. The minimum absolute atomic E-state index is 0.00359. The highest BCUT2D eigenvalue weighted by Gasteiger charge is 2.56. The van der Waals surface area contributed by atoms with Crippen LogP contribution in [-0.4, -0.2) is 51.9 Å². The van der Waals surface area contributed by atoms with E-state index in [1.807, 2.05) is 29.4 Å². The number of fused-ring (bicyclic) bond motifs is 2. The first-order chi connectivity index (χ1) is 16.5. The highest BCUT2D eigenvalue weighted by Crippen LogP contribution is 2.53. The van der Waals surface area contributed by atoms with E-state index < -0.39 is 10.9 Å². The van der Waals surface area contributed by atoms with Crippen molar-refractivity contribution in [2.75, 3.05) is 25.1 Å². The number of hydrogen-bond donors (Lipinski definition) is 1. The normalized spacial score (nSPS) is 24.4. The zero-order valence-corrected chi connectivity index (χ0v) is 19.7. The van der Waals surface area contributed by atoms with E-state index in [4.69, 9.17) is 4.74 Å². The molecule has 2 aromatic heterocycles. The molecule has 1 N–H and O–H groups in total. The zero-order valence-electron chi connectivity index (χ0n) is 18.8. The lowest BCUT2D eigenvalue weighted by atomic mass is 9.95. The van der Waals surface area contributed by atoms with Crippen molar-refractivity contribution in [3.63, 3.8) is 0 Å². The van der Waals surface area contributed by atoms with Crippen LogP contribution in [0.2, 0.25) is 0 Å². The van der Waals surface area contributed by atoms with Crippen LogP contribution in [-0.2, 0) is 4.74 Å². The number of benzene rings is 1. The number of hydrogen-bond acceptors (Lipinski definition) is 8. The fourth-order valence-electron chi connectivity index (χ4n) is 5.77. The van der Waals surface area contributed by atoms with Gasteiger partial charge in [-0.3, -0.25) is 10.1 Å². The molecule has 2 atom stereocenters. The standard InChI is InChI=1S/C24H26N4O5S/c1-33-24(30)19-20(28(31)32)22(34-23(19)26-10-15-16(11-26)21(15)29)13-7-8-18-17(9-13)25-12-27(18)14-5-3-2-4-6-14/h7-9,12,14-16,21,29H,2-6,10-11H2,1H3. The van der Waals surface area contributed by atoms with Crippen molar-refractivity contribution < 1.29 is 19.6 Å². The third-order valence-electron chi connectivity index (χ3n) is 7.68. The molecule has 1 saturated heterocycles. The van der Waals surface area contributed by atoms with Gasteiger partial charge >= 0.3 is 11.7 Å². The highest BCUT2D eigenvalue weighted by atomic mass is 32.1. The average molecular weight is 483 g/mol. The lowest BCUT2D eigenvalue weighted by molar-refractivity contribution is -0.384. The van der Waals surface area contributed by atoms with Crippen LogP contribution >= 0.6 is 11.3 Å². The van der Waals surface area contributed by atoms with Gasteiger partial charge < -0.3 is 19.3 Å². The second-order valence-corrected chi connectivity index (χ2v) is 10.6. The summed E-state index contributed by atoms with van der Waals surface area (Å²) < 4.78 is 7.18. The molecule has 2 saturated carbocycles. The van der Waals surface area contributed by atoms with Gasteiger partial charge in [0, 0.05) is 36.5 Å². The first-order valence-electron chi connectivity index (χ1n) is 11.8. The Morgan fingerprint density at radius 2 is 1.97 bits per heavy atom. The Balaban J connectivity index is 1.43. The number of aliphatic hydroxyl groups excluding tert-OH is 1. The zero-order chi connectivity index (χ0) is 23.6. The molecule has 0 bridgehead atoms. The number of carbonyl (C=O) groups excluding carboxylic acids is 1. The van der Waals surface area contributed by atoms with E-state index in [0.717, 1.165) is 23.9 Å². The number of aromatic nitrogens is 2. The highest BCUT2D eigenvalue weighted by molar-refractivity contribution is 7.20. The summed E-state index contributed by atoms with van der Waals surface area (Å²) in [5, 5.41) is 22.7. The van der Waals surface area contributed by atoms with Crippen LogP contribution in [0.3, 0.4) is 0 Å². The van der Waals surface area contributed by atoms with Gasteiger partial charge in [0.05, 0.1) is 35.5 Å². The minimum atomic E-state index is -0.715. The Labute approximate surface area is 200 Å². The van der Waals surface area contributed by atoms with Crippen LogP contribution in [0.5, 0.6) is 0 Å². The molecule has 0 radical (unpaired) electrons. The maximum absolute atomic E-state index is 12.7. The summed E-state index contributed by atoms with van der Waals surface area (Å²) >= 11 is 1.24. The fraction of sp³-hybridized carbons (Fsp3) is 0.500. The molecular weight excluding hydrogens is 456 g/mol. The quantitative estimate of drug-likeness (QED) is 0.326. The number of nitro groups is 1. The molecule has 3 heterocycles. The smallest absolute Gasteiger partial charge is 0.347 e. The van der Waals surface area contributed by atoms with E-state index in [-0.39, 0.29) is 29.2 Å². The second-order valence-electron chi connectivity index (χ2n) is 9.58. The van der Waals surface area contributed by atoms with Gasteiger partial charge in [-0.1, -0.05) is 25.3 Å². The number of aliphatic hydroxyl groups is 1. The number of anilines is 1. The van der Waals surface area contributed by atoms with Crippen LogP contribution in [0, 0.1) is 22.0 Å². The largest absolute Gasteiger partial charge is 0.465 e. The Morgan fingerprint density at radius 1 is 1.24 bits per heavy atom. The molecule has 34 heavy (non-hydrogen) atoms. The first kappa shape index (κ1) is 21.5. The van der Waals surface area contributed by atoms with E-state index >= 15 is 0 Å². The third kappa shape index (κ3) is 3.31. The molecule has 3 aromatic rings. The Bertz CT molecular complexity index is 1280. The lowest BCUT2D eigenvalue weighted by Gasteiger charge is -2.23. The molecule has 9 nitrogen and oxygen atoms in total. The topological polar surface area (TPSA) is 111 Å². The number of ether oxygens (including phenoxy) is 1. The van der Waals surface area contributed by atoms with Crippen molar-refractivity contribution in [3.05, 3.63) is 40.2 Å². The fourth-order valence-corrected chi connectivity index (χ4v) is 7.05. The molecule has 2 aliphatic carbocycles. The van der Waals surface area contributed by atoms with Gasteiger partial charge in [-0.15, -0.1) is 11.3 Å². The Morgan fingerprint density at radius 3 is 2.65 bits per heavy atom. The molecule has 0 amide bonds. The van der Waals surface area contributed by atoms with Crippen LogP contribution in [0.4, 0.5) is 10.7 Å². The van der Waals surface area contributed by atoms with Crippen molar-refractivity contribution in [1.29, 1.82) is 0 Å². The SMILES string of the molecule is COC(=O)c1c(N2CC3C(O)C3C2)sc(-c2ccc3c(c2)ncn3C2CCCCC2)c1[N+](=O)[O-]. The molecule has 178 valence electrons. The predicted octanol–water partition coefficient (Wildman–Crippen LogP) is 4.39. The minimum Gasteiger partial charge on any atom is -0.465 e. The molecule has 2 unspecified atom stereocenters. The van der Waals surface area contributed by atoms with E-state index in [1.165, 1.54) is 37.7 Å². The van der Waals surface area contributed by atoms with Crippen molar-refractivity contribution in [2.45, 2.75) is 44.2 Å². The predicted molar refractivity (Wildman–Crippen MR) is 128 cm³/mol.